The molecule has 1 aromatic rings. The molecule has 1 aromatic carbocycles. The van der Waals surface area contributed by atoms with Crippen molar-refractivity contribution in [3.63, 3.8) is 0 Å². The van der Waals surface area contributed by atoms with E-state index in [1.807, 2.05) is 20.8 Å². The average molecular weight is 413 g/mol. The van der Waals surface area contributed by atoms with Crippen LogP contribution in [0.5, 0.6) is 5.75 Å². The standard InChI is InChI=1S/C21H26F3NO4/c1-20(2,3)17-10-13(8-9-25(17)19(27)28)18(26)16-11-14(29-21(22,23)24)6-7-15(16)12-4-5-12/h6-7,11-13,17H,4-5,8-10H2,1-3H3,(H,27,28). The number of carboxylic acid groups (broad SMARTS) is 1. The largest absolute Gasteiger partial charge is 0.573 e. The number of likely N-dealkylation sites (tertiary alicyclic amines) is 1. The second kappa shape index (κ2) is 7.54. The van der Waals surface area contributed by atoms with Gasteiger partial charge in [0.25, 0.3) is 0 Å². The van der Waals surface area contributed by atoms with E-state index in [-0.39, 0.29) is 35.3 Å². The number of benzene rings is 1. The molecule has 8 heteroatoms. The van der Waals surface area contributed by atoms with Crippen molar-refractivity contribution in [2.24, 2.45) is 11.3 Å². The van der Waals surface area contributed by atoms with Crippen molar-refractivity contribution in [2.45, 2.75) is 64.8 Å². The van der Waals surface area contributed by atoms with Crippen molar-refractivity contribution in [2.75, 3.05) is 6.54 Å². The number of ketones is 1. The zero-order valence-corrected chi connectivity index (χ0v) is 16.8. The summed E-state index contributed by atoms with van der Waals surface area (Å²) in [5.74, 6) is -0.876. The maximum Gasteiger partial charge on any atom is 0.573 e. The molecule has 1 heterocycles. The summed E-state index contributed by atoms with van der Waals surface area (Å²) in [7, 11) is 0. The lowest BCUT2D eigenvalue weighted by Crippen LogP contribution is -2.52. The summed E-state index contributed by atoms with van der Waals surface area (Å²) in [6.45, 7) is 6.00. The Labute approximate surface area is 167 Å². The van der Waals surface area contributed by atoms with Gasteiger partial charge in [-0.3, -0.25) is 4.79 Å². The van der Waals surface area contributed by atoms with E-state index in [1.54, 1.807) is 6.07 Å². The molecule has 1 aliphatic heterocycles. The topological polar surface area (TPSA) is 66.8 Å². The predicted molar refractivity (Wildman–Crippen MR) is 100 cm³/mol. The normalized spacial score (nSPS) is 23.0. The third kappa shape index (κ3) is 5.03. The van der Waals surface area contributed by atoms with Crippen molar-refractivity contribution in [1.29, 1.82) is 0 Å². The number of carbonyl (C=O) groups is 2. The molecule has 2 atom stereocenters. The zero-order valence-electron chi connectivity index (χ0n) is 16.8. The summed E-state index contributed by atoms with van der Waals surface area (Å²) in [6.07, 6.45) is -3.33. The van der Waals surface area contributed by atoms with Crippen molar-refractivity contribution in [1.82, 2.24) is 4.90 Å². The van der Waals surface area contributed by atoms with Crippen LogP contribution < -0.4 is 4.74 Å². The Morgan fingerprint density at radius 2 is 1.79 bits per heavy atom. The number of amides is 1. The highest BCUT2D eigenvalue weighted by Crippen LogP contribution is 2.44. The molecule has 160 valence electrons. The summed E-state index contributed by atoms with van der Waals surface area (Å²) in [5, 5.41) is 9.50. The van der Waals surface area contributed by atoms with Gasteiger partial charge in [0.1, 0.15) is 5.75 Å². The molecular formula is C21H26F3NO4. The first kappa shape index (κ1) is 21.5. The quantitative estimate of drug-likeness (QED) is 0.667. The van der Waals surface area contributed by atoms with Gasteiger partial charge in [-0.15, -0.1) is 13.2 Å². The van der Waals surface area contributed by atoms with Gasteiger partial charge < -0.3 is 14.7 Å². The van der Waals surface area contributed by atoms with Crippen LogP contribution >= 0.6 is 0 Å². The fourth-order valence-corrected chi connectivity index (χ4v) is 4.17. The lowest BCUT2D eigenvalue weighted by atomic mass is 9.74. The van der Waals surface area contributed by atoms with Gasteiger partial charge >= 0.3 is 12.5 Å². The molecule has 29 heavy (non-hydrogen) atoms. The Hall–Kier alpha value is -2.25. The van der Waals surface area contributed by atoms with Crippen molar-refractivity contribution < 1.29 is 32.6 Å². The van der Waals surface area contributed by atoms with E-state index in [2.05, 4.69) is 4.74 Å². The van der Waals surface area contributed by atoms with Crippen LogP contribution in [0.25, 0.3) is 0 Å². The number of ether oxygens (including phenoxy) is 1. The fraction of sp³-hybridized carbons (Fsp3) is 0.619. The fourth-order valence-electron chi connectivity index (χ4n) is 4.17. The molecule has 1 aliphatic carbocycles. The van der Waals surface area contributed by atoms with Crippen LogP contribution in [0.15, 0.2) is 18.2 Å². The number of hydrogen-bond donors (Lipinski definition) is 1. The van der Waals surface area contributed by atoms with E-state index in [9.17, 15) is 27.9 Å². The minimum absolute atomic E-state index is 0.186. The van der Waals surface area contributed by atoms with E-state index in [0.717, 1.165) is 18.4 Å². The van der Waals surface area contributed by atoms with Crippen molar-refractivity contribution in [3.8, 4) is 5.75 Å². The van der Waals surface area contributed by atoms with Crippen LogP contribution in [0.1, 0.15) is 68.3 Å². The number of carbonyl (C=O) groups excluding carboxylic acids is 1. The maximum absolute atomic E-state index is 13.3. The van der Waals surface area contributed by atoms with E-state index in [0.29, 0.717) is 12.8 Å². The van der Waals surface area contributed by atoms with Gasteiger partial charge in [0.15, 0.2) is 5.78 Å². The van der Waals surface area contributed by atoms with Gasteiger partial charge in [-0.05, 0) is 54.7 Å². The number of nitrogens with zero attached hydrogens (tertiary/aromatic N) is 1. The Bertz CT molecular complexity index is 796. The molecule has 0 bridgehead atoms. The van der Waals surface area contributed by atoms with Crippen LogP contribution in [-0.4, -0.2) is 40.8 Å². The average Bonchev–Trinajstić information content (AvgIpc) is 3.43. The number of halogens is 3. The molecule has 1 saturated heterocycles. The highest BCUT2D eigenvalue weighted by Gasteiger charge is 2.42. The Kier molecular flexibility index (Phi) is 5.58. The van der Waals surface area contributed by atoms with Gasteiger partial charge in [0.2, 0.25) is 0 Å². The van der Waals surface area contributed by atoms with E-state index in [4.69, 9.17) is 0 Å². The summed E-state index contributed by atoms with van der Waals surface area (Å²) in [6, 6.07) is 3.66. The molecule has 2 aliphatic rings. The van der Waals surface area contributed by atoms with Crippen LogP contribution in [-0.2, 0) is 0 Å². The maximum atomic E-state index is 13.3. The SMILES string of the molecule is CC(C)(C)C1CC(C(=O)c2cc(OC(F)(F)F)ccc2C2CC2)CCN1C(=O)O. The molecule has 2 fully saturated rings. The first-order valence-electron chi connectivity index (χ1n) is 9.80. The van der Waals surface area contributed by atoms with Crippen LogP contribution in [0.3, 0.4) is 0 Å². The first-order valence-corrected chi connectivity index (χ1v) is 9.80. The molecule has 1 amide bonds. The number of piperidine rings is 1. The van der Waals surface area contributed by atoms with Crippen molar-refractivity contribution in [3.05, 3.63) is 29.3 Å². The highest BCUT2D eigenvalue weighted by molar-refractivity contribution is 6.00. The minimum Gasteiger partial charge on any atom is -0.465 e. The monoisotopic (exact) mass is 413 g/mol. The minimum atomic E-state index is -4.83. The second-order valence-corrected chi connectivity index (χ2v) is 9.01. The summed E-state index contributed by atoms with van der Waals surface area (Å²) >= 11 is 0. The third-order valence-electron chi connectivity index (χ3n) is 5.76. The van der Waals surface area contributed by atoms with Crippen LogP contribution in [0, 0.1) is 11.3 Å². The summed E-state index contributed by atoms with van der Waals surface area (Å²) in [4.78, 5) is 26.3. The number of rotatable bonds is 4. The smallest absolute Gasteiger partial charge is 0.465 e. The van der Waals surface area contributed by atoms with E-state index in [1.165, 1.54) is 17.0 Å². The lowest BCUT2D eigenvalue weighted by Gasteiger charge is -2.44. The molecule has 0 spiro atoms. The molecule has 3 rings (SSSR count). The van der Waals surface area contributed by atoms with Gasteiger partial charge in [0.05, 0.1) is 0 Å². The van der Waals surface area contributed by atoms with Crippen molar-refractivity contribution >= 4 is 11.9 Å². The first-order chi connectivity index (χ1) is 13.4. The molecule has 5 nitrogen and oxygen atoms in total. The summed E-state index contributed by atoms with van der Waals surface area (Å²) < 4.78 is 41.9. The Balaban J connectivity index is 1.89. The third-order valence-corrected chi connectivity index (χ3v) is 5.76. The Morgan fingerprint density at radius 1 is 1.14 bits per heavy atom. The summed E-state index contributed by atoms with van der Waals surface area (Å²) in [5.41, 5.74) is 0.672. The van der Waals surface area contributed by atoms with Gasteiger partial charge in [-0.2, -0.15) is 0 Å². The zero-order chi connectivity index (χ0) is 21.6. The number of hydrogen-bond acceptors (Lipinski definition) is 3. The van der Waals surface area contributed by atoms with Gasteiger partial charge in [-0.25, -0.2) is 4.79 Å². The predicted octanol–water partition coefficient (Wildman–Crippen LogP) is 5.45. The van der Waals surface area contributed by atoms with E-state index < -0.39 is 24.1 Å². The van der Waals surface area contributed by atoms with Gasteiger partial charge in [-0.1, -0.05) is 26.8 Å². The molecule has 1 saturated carbocycles. The molecular weight excluding hydrogens is 387 g/mol. The molecule has 1 N–H and O–H groups in total. The second-order valence-electron chi connectivity index (χ2n) is 9.01. The van der Waals surface area contributed by atoms with Crippen LogP contribution in [0.2, 0.25) is 0 Å². The molecule has 0 aromatic heterocycles. The van der Waals surface area contributed by atoms with Crippen LogP contribution in [0.4, 0.5) is 18.0 Å². The highest BCUT2D eigenvalue weighted by atomic mass is 19.4. The van der Waals surface area contributed by atoms with Gasteiger partial charge in [0, 0.05) is 24.1 Å². The lowest BCUT2D eigenvalue weighted by molar-refractivity contribution is -0.274. The number of Topliss-reactive ketones (excluding diaryl/α,β-unsaturated/α-hetero) is 1. The number of alkyl halides is 3. The Morgan fingerprint density at radius 3 is 2.31 bits per heavy atom. The molecule has 0 radical (unpaired) electrons. The van der Waals surface area contributed by atoms with E-state index >= 15 is 0 Å². The molecule has 2 unspecified atom stereocenters.